The van der Waals surface area contributed by atoms with Crippen LogP contribution in [-0.2, 0) is 9.05 Å². The molecule has 0 N–H and O–H groups in total. The standard InChI is InChI=1S/C3H4Cl2O2S/c4-2-1-3-8(5,6)7/h1,3H,2H2. The molecule has 8 heavy (non-hydrogen) atoms. The Morgan fingerprint density at radius 2 is 2.00 bits per heavy atom. The van der Waals surface area contributed by atoms with Crippen LogP contribution in [0.4, 0.5) is 0 Å². The maximum atomic E-state index is 10.0. The third-order valence-corrected chi connectivity index (χ3v) is 1.35. The third-order valence-electron chi connectivity index (χ3n) is 0.348. The normalized spacial score (nSPS) is 12.8. The van der Waals surface area contributed by atoms with Crippen LogP contribution in [-0.4, -0.2) is 14.3 Å². The van der Waals surface area contributed by atoms with E-state index in [-0.39, 0.29) is 5.88 Å². The lowest BCUT2D eigenvalue weighted by Crippen LogP contribution is -1.78. The van der Waals surface area contributed by atoms with Gasteiger partial charge in [-0.1, -0.05) is 6.08 Å². The molecule has 0 aromatic rings. The largest absolute Gasteiger partial charge is 0.254 e. The highest BCUT2D eigenvalue weighted by Crippen LogP contribution is 1.97. The fourth-order valence-corrected chi connectivity index (χ4v) is 0.890. The number of hydrogen-bond acceptors (Lipinski definition) is 2. The average Bonchev–Trinajstić information content (AvgIpc) is 1.59. The van der Waals surface area contributed by atoms with E-state index in [2.05, 4.69) is 0 Å². The smallest absolute Gasteiger partial charge is 0.208 e. The molecule has 0 unspecified atom stereocenters. The Labute approximate surface area is 57.5 Å². The molecule has 5 heteroatoms. The number of rotatable bonds is 2. The first-order chi connectivity index (χ1) is 3.56. The van der Waals surface area contributed by atoms with Gasteiger partial charge in [0.05, 0.1) is 0 Å². The van der Waals surface area contributed by atoms with Crippen LogP contribution in [0.15, 0.2) is 11.5 Å². The van der Waals surface area contributed by atoms with E-state index in [4.69, 9.17) is 22.3 Å². The van der Waals surface area contributed by atoms with E-state index < -0.39 is 9.05 Å². The zero-order valence-electron chi connectivity index (χ0n) is 3.84. The summed E-state index contributed by atoms with van der Waals surface area (Å²) in [6.45, 7) is 0. The van der Waals surface area contributed by atoms with Crippen molar-refractivity contribution in [2.45, 2.75) is 0 Å². The summed E-state index contributed by atoms with van der Waals surface area (Å²) in [6, 6.07) is 0. The Bertz CT molecular complexity index is 170. The summed E-state index contributed by atoms with van der Waals surface area (Å²) < 4.78 is 20.0. The molecule has 0 radical (unpaired) electrons. The van der Waals surface area contributed by atoms with Gasteiger partial charge in [0.2, 0.25) is 0 Å². The van der Waals surface area contributed by atoms with Gasteiger partial charge in [0, 0.05) is 22.0 Å². The summed E-state index contributed by atoms with van der Waals surface area (Å²) >= 11 is 5.10. The molecular formula is C3H4Cl2O2S. The number of halogens is 2. The fourth-order valence-electron chi connectivity index (χ4n) is 0.151. The highest BCUT2D eigenvalue weighted by atomic mass is 35.7. The molecule has 0 aromatic carbocycles. The minimum atomic E-state index is -3.48. The maximum absolute atomic E-state index is 10.0. The van der Waals surface area contributed by atoms with Gasteiger partial charge < -0.3 is 0 Å². The molecule has 0 aliphatic heterocycles. The Morgan fingerprint density at radius 3 is 2.12 bits per heavy atom. The van der Waals surface area contributed by atoms with Gasteiger partial charge in [-0.25, -0.2) is 8.42 Å². The van der Waals surface area contributed by atoms with Crippen molar-refractivity contribution in [1.29, 1.82) is 0 Å². The lowest BCUT2D eigenvalue weighted by Gasteiger charge is -1.76. The van der Waals surface area contributed by atoms with E-state index in [1.54, 1.807) is 0 Å². The summed E-state index contributed by atoms with van der Waals surface area (Å²) in [5.41, 5.74) is 0. The maximum Gasteiger partial charge on any atom is 0.254 e. The first-order valence-corrected chi connectivity index (χ1v) is 4.64. The molecule has 48 valence electrons. The van der Waals surface area contributed by atoms with Crippen molar-refractivity contribution < 1.29 is 8.42 Å². The second kappa shape index (κ2) is 3.33. The molecular weight excluding hydrogens is 171 g/mol. The zero-order valence-corrected chi connectivity index (χ0v) is 6.17. The number of allylic oxidation sites excluding steroid dienone is 1. The van der Waals surface area contributed by atoms with Gasteiger partial charge in [-0.15, -0.1) is 11.6 Å². The Kier molecular flexibility index (Phi) is 3.44. The van der Waals surface area contributed by atoms with Gasteiger partial charge in [0.25, 0.3) is 9.05 Å². The zero-order chi connectivity index (χ0) is 6.62. The highest BCUT2D eigenvalue weighted by Gasteiger charge is 1.93. The molecule has 0 saturated heterocycles. The van der Waals surface area contributed by atoms with E-state index >= 15 is 0 Å². The second-order valence-electron chi connectivity index (χ2n) is 1.00. The van der Waals surface area contributed by atoms with Gasteiger partial charge in [-0.3, -0.25) is 0 Å². The molecule has 0 spiro atoms. The molecule has 0 fully saturated rings. The molecule has 0 amide bonds. The van der Waals surface area contributed by atoms with E-state index in [0.717, 1.165) is 5.41 Å². The molecule has 0 aliphatic rings. The van der Waals surface area contributed by atoms with Gasteiger partial charge in [-0.05, 0) is 0 Å². The van der Waals surface area contributed by atoms with E-state index in [0.29, 0.717) is 0 Å². The lowest BCUT2D eigenvalue weighted by atomic mass is 10.8. The summed E-state index contributed by atoms with van der Waals surface area (Å²) in [5.74, 6) is 0.159. The van der Waals surface area contributed by atoms with Crippen molar-refractivity contribution in [3.05, 3.63) is 11.5 Å². The quantitative estimate of drug-likeness (QED) is 0.468. The van der Waals surface area contributed by atoms with E-state index in [1.165, 1.54) is 6.08 Å². The predicted octanol–water partition coefficient (Wildman–Crippen LogP) is 1.31. The summed E-state index contributed by atoms with van der Waals surface area (Å²) in [7, 11) is 1.26. The average molecular weight is 175 g/mol. The van der Waals surface area contributed by atoms with Gasteiger partial charge >= 0.3 is 0 Å². The van der Waals surface area contributed by atoms with Crippen molar-refractivity contribution in [2.24, 2.45) is 0 Å². The van der Waals surface area contributed by atoms with Gasteiger partial charge in [0.1, 0.15) is 0 Å². The van der Waals surface area contributed by atoms with Crippen LogP contribution in [0.2, 0.25) is 0 Å². The van der Waals surface area contributed by atoms with Crippen molar-refractivity contribution in [2.75, 3.05) is 5.88 Å². The summed E-state index contributed by atoms with van der Waals surface area (Å²) in [5, 5.41) is 0.849. The van der Waals surface area contributed by atoms with E-state index in [9.17, 15) is 8.42 Å². The van der Waals surface area contributed by atoms with Gasteiger partial charge in [0.15, 0.2) is 0 Å². The topological polar surface area (TPSA) is 34.1 Å². The van der Waals surface area contributed by atoms with Crippen LogP contribution in [0.5, 0.6) is 0 Å². The molecule has 2 nitrogen and oxygen atoms in total. The summed E-state index contributed by atoms with van der Waals surface area (Å²) in [6.07, 6.45) is 1.25. The van der Waals surface area contributed by atoms with Crippen LogP contribution >= 0.6 is 22.3 Å². The number of hydrogen-bond donors (Lipinski definition) is 0. The van der Waals surface area contributed by atoms with E-state index in [1.807, 2.05) is 0 Å². The van der Waals surface area contributed by atoms with Crippen LogP contribution in [0.3, 0.4) is 0 Å². The van der Waals surface area contributed by atoms with Crippen LogP contribution in [0.1, 0.15) is 0 Å². The van der Waals surface area contributed by atoms with Crippen molar-refractivity contribution in [3.8, 4) is 0 Å². The monoisotopic (exact) mass is 174 g/mol. The first kappa shape index (κ1) is 8.27. The molecule has 0 bridgehead atoms. The number of alkyl halides is 1. The molecule has 0 rings (SSSR count). The molecule has 0 aromatic heterocycles. The second-order valence-corrected chi connectivity index (χ2v) is 3.82. The highest BCUT2D eigenvalue weighted by molar-refractivity contribution is 8.16. The first-order valence-electron chi connectivity index (χ1n) is 1.73. The molecule has 0 atom stereocenters. The third kappa shape index (κ3) is 6.27. The van der Waals surface area contributed by atoms with Crippen LogP contribution in [0.25, 0.3) is 0 Å². The minimum Gasteiger partial charge on any atom is -0.208 e. The van der Waals surface area contributed by atoms with Crippen molar-refractivity contribution in [3.63, 3.8) is 0 Å². The Hall–Kier alpha value is 0.270. The van der Waals surface area contributed by atoms with Crippen LogP contribution < -0.4 is 0 Å². The SMILES string of the molecule is O=S(=O)(Cl)C=CCCl. The Morgan fingerprint density at radius 1 is 1.50 bits per heavy atom. The van der Waals surface area contributed by atoms with Crippen LogP contribution in [0, 0.1) is 0 Å². The van der Waals surface area contributed by atoms with Gasteiger partial charge in [-0.2, -0.15) is 0 Å². The lowest BCUT2D eigenvalue weighted by molar-refractivity contribution is 0.617. The molecule has 0 aliphatic carbocycles. The Balaban J connectivity index is 3.92. The minimum absolute atomic E-state index is 0.159. The molecule has 0 heterocycles. The van der Waals surface area contributed by atoms with Crippen molar-refractivity contribution in [1.82, 2.24) is 0 Å². The summed E-state index contributed by atoms with van der Waals surface area (Å²) in [4.78, 5) is 0. The van der Waals surface area contributed by atoms with Crippen molar-refractivity contribution >= 4 is 31.3 Å². The fraction of sp³-hybridized carbons (Fsp3) is 0.333. The predicted molar refractivity (Wildman–Crippen MR) is 34.6 cm³/mol. The molecule has 0 saturated carbocycles.